The lowest BCUT2D eigenvalue weighted by molar-refractivity contribution is 0.0751. The van der Waals surface area contributed by atoms with Crippen LogP contribution in [0.3, 0.4) is 0 Å². The largest absolute Gasteiger partial charge is 0.508 e. The number of halogens is 1. The summed E-state index contributed by atoms with van der Waals surface area (Å²) in [5.41, 5.74) is 8.42. The van der Waals surface area contributed by atoms with Crippen molar-refractivity contribution in [2.75, 3.05) is 45.2 Å². The topological polar surface area (TPSA) is 128 Å². The van der Waals surface area contributed by atoms with Crippen LogP contribution in [0.15, 0.2) is 30.3 Å². The number of aliphatic hydroxyl groups excluding tert-OH is 1. The molecule has 0 spiro atoms. The van der Waals surface area contributed by atoms with Crippen molar-refractivity contribution < 1.29 is 19.7 Å². The first-order chi connectivity index (χ1) is 19.1. The molecule has 3 heterocycles. The first-order valence-electron chi connectivity index (χ1n) is 13.7. The number of amides is 1. The van der Waals surface area contributed by atoms with Gasteiger partial charge in [-0.2, -0.15) is 9.97 Å². The number of hydrogen-bond acceptors (Lipinski definition) is 9. The summed E-state index contributed by atoms with van der Waals surface area (Å²) >= 11 is 2.23. The summed E-state index contributed by atoms with van der Waals surface area (Å²) in [4.78, 5) is 29.4. The quantitative estimate of drug-likeness (QED) is 0.329. The van der Waals surface area contributed by atoms with Crippen LogP contribution >= 0.6 is 22.6 Å². The molecule has 1 aromatic heterocycles. The number of carbonyl (C=O) groups excluding carboxylic acids is 1. The van der Waals surface area contributed by atoms with Gasteiger partial charge >= 0.3 is 6.01 Å². The molecule has 1 amide bonds. The van der Waals surface area contributed by atoms with E-state index in [9.17, 15) is 15.0 Å². The monoisotopic (exact) mass is 658 g/mol. The van der Waals surface area contributed by atoms with E-state index < -0.39 is 6.10 Å². The number of nitrogens with two attached hydrogens (primary N) is 1. The van der Waals surface area contributed by atoms with E-state index in [4.69, 9.17) is 20.4 Å². The van der Waals surface area contributed by atoms with Gasteiger partial charge in [0.2, 0.25) is 0 Å². The molecule has 212 valence electrons. The highest BCUT2D eigenvalue weighted by Gasteiger charge is 2.44. The van der Waals surface area contributed by atoms with Crippen LogP contribution in [0.4, 0.5) is 5.82 Å². The molecule has 3 aromatic rings. The lowest BCUT2D eigenvalue weighted by Crippen LogP contribution is -2.50. The van der Waals surface area contributed by atoms with Gasteiger partial charge in [0, 0.05) is 45.6 Å². The Hall–Kier alpha value is -2.74. The predicted octanol–water partition coefficient (Wildman–Crippen LogP) is 2.71. The van der Waals surface area contributed by atoms with Crippen molar-refractivity contribution in [1.82, 2.24) is 19.8 Å². The van der Waals surface area contributed by atoms with E-state index >= 15 is 0 Å². The van der Waals surface area contributed by atoms with Crippen LogP contribution < -0.4 is 15.4 Å². The lowest BCUT2D eigenvalue weighted by atomic mass is 10.0. The Bertz CT molecular complexity index is 1450. The number of phenolic OH excluding ortho intramolecular Hbond substituents is 1. The third-order valence-electron chi connectivity index (χ3n) is 8.05. The van der Waals surface area contributed by atoms with E-state index in [1.807, 2.05) is 23.1 Å². The van der Waals surface area contributed by atoms with Crippen molar-refractivity contribution in [2.24, 2.45) is 11.1 Å². The normalized spacial score (nSPS) is 21.6. The zero-order valence-corrected chi connectivity index (χ0v) is 25.0. The highest BCUT2D eigenvalue weighted by molar-refractivity contribution is 14.1. The summed E-state index contributed by atoms with van der Waals surface area (Å²) in [6, 6.07) is 9.08. The number of phenols is 1. The van der Waals surface area contributed by atoms with E-state index in [0.29, 0.717) is 56.6 Å². The molecule has 1 aliphatic carbocycles. The van der Waals surface area contributed by atoms with Gasteiger partial charge in [0.25, 0.3) is 5.91 Å². The molecule has 10 nitrogen and oxygen atoms in total. The summed E-state index contributed by atoms with van der Waals surface area (Å²) in [6.45, 7) is 3.04. The van der Waals surface area contributed by atoms with E-state index in [1.54, 1.807) is 11.0 Å². The Labute approximate surface area is 247 Å². The molecule has 2 aliphatic heterocycles. The highest BCUT2D eigenvalue weighted by Crippen LogP contribution is 2.46. The number of aromatic hydroxyl groups is 1. The highest BCUT2D eigenvalue weighted by atomic mass is 127. The van der Waals surface area contributed by atoms with Crippen LogP contribution in [-0.4, -0.2) is 88.4 Å². The van der Waals surface area contributed by atoms with Crippen LogP contribution in [0.5, 0.6) is 11.8 Å². The Morgan fingerprint density at radius 2 is 2.02 bits per heavy atom. The third kappa shape index (κ3) is 5.44. The third-order valence-corrected chi connectivity index (χ3v) is 8.94. The number of β-amino-alcohol motifs (C(OH)–C–C–N with tert-alkyl or cyclic N) is 1. The molecule has 2 atom stereocenters. The molecule has 0 bridgehead atoms. The number of anilines is 1. The number of benzene rings is 2. The number of aliphatic hydroxyl groups is 1. The van der Waals surface area contributed by atoms with Gasteiger partial charge in [-0.05, 0) is 79.5 Å². The molecule has 1 saturated carbocycles. The molecule has 4 N–H and O–H groups in total. The van der Waals surface area contributed by atoms with Crippen molar-refractivity contribution >= 4 is 45.1 Å². The molecule has 1 saturated heterocycles. The summed E-state index contributed by atoms with van der Waals surface area (Å²) in [5, 5.41) is 22.5. The van der Waals surface area contributed by atoms with Crippen LogP contribution in [0.1, 0.15) is 40.9 Å². The van der Waals surface area contributed by atoms with Gasteiger partial charge < -0.3 is 35.4 Å². The van der Waals surface area contributed by atoms with Gasteiger partial charge in [-0.15, -0.1) is 0 Å². The van der Waals surface area contributed by atoms with E-state index in [2.05, 4.69) is 41.6 Å². The van der Waals surface area contributed by atoms with E-state index in [-0.39, 0.29) is 23.1 Å². The molecule has 11 heteroatoms. The summed E-state index contributed by atoms with van der Waals surface area (Å²) in [7, 11) is 4.13. The second-order valence-electron chi connectivity index (χ2n) is 11.8. The standard InChI is InChI=1S/C29H35IN6O4/c1-34(2)15-29(6-7-29)16-40-28-32-24-14-36(13-22(24)26(33-28)35-11-18(31)9-20(38)12-35)27(39)21-10-19(37)8-17-4-3-5-23(30)25(17)21/h3-5,8,10,18,20,37-38H,6-7,9,11-16,31H2,1-2H3. The molecule has 3 aliphatic rings. The first kappa shape index (κ1) is 27.4. The molecule has 6 rings (SSSR count). The Balaban J connectivity index is 1.33. The Morgan fingerprint density at radius 1 is 1.23 bits per heavy atom. The van der Waals surface area contributed by atoms with Crippen molar-refractivity contribution in [3.05, 3.63) is 50.7 Å². The molecule has 2 aromatic carbocycles. The van der Waals surface area contributed by atoms with Crippen molar-refractivity contribution in [1.29, 1.82) is 0 Å². The SMILES string of the molecule is CN(C)CC1(COc2nc3c(c(N4CC(N)CC(O)C4)n2)CN(C(=O)c2cc(O)cc4cccc(I)c24)C3)CC1. The molecular formula is C29H35IN6O4. The van der Waals surface area contributed by atoms with E-state index in [0.717, 1.165) is 45.0 Å². The van der Waals surface area contributed by atoms with Crippen LogP contribution in [0.25, 0.3) is 10.8 Å². The predicted molar refractivity (Wildman–Crippen MR) is 160 cm³/mol. The second-order valence-corrected chi connectivity index (χ2v) is 13.0. The number of fused-ring (bicyclic) bond motifs is 2. The van der Waals surface area contributed by atoms with Crippen molar-refractivity contribution in [2.45, 2.75) is 44.5 Å². The zero-order valence-electron chi connectivity index (χ0n) is 22.8. The Kier molecular flexibility index (Phi) is 7.26. The molecular weight excluding hydrogens is 623 g/mol. The maximum atomic E-state index is 13.9. The number of ether oxygens (including phenoxy) is 1. The van der Waals surface area contributed by atoms with Crippen LogP contribution in [-0.2, 0) is 13.1 Å². The molecule has 0 radical (unpaired) electrons. The zero-order chi connectivity index (χ0) is 28.2. The van der Waals surface area contributed by atoms with Gasteiger partial charge in [-0.25, -0.2) is 0 Å². The van der Waals surface area contributed by atoms with Gasteiger partial charge in [-0.1, -0.05) is 12.1 Å². The van der Waals surface area contributed by atoms with Crippen LogP contribution in [0, 0.1) is 8.99 Å². The maximum absolute atomic E-state index is 13.9. The second kappa shape index (κ2) is 10.6. The van der Waals surface area contributed by atoms with Crippen molar-refractivity contribution in [3.8, 4) is 11.8 Å². The summed E-state index contributed by atoms with van der Waals surface area (Å²) in [6.07, 6.45) is 2.19. The average molecular weight is 659 g/mol. The fourth-order valence-corrected chi connectivity index (χ4v) is 6.90. The Morgan fingerprint density at radius 3 is 2.75 bits per heavy atom. The molecule has 40 heavy (non-hydrogen) atoms. The first-order valence-corrected chi connectivity index (χ1v) is 14.8. The number of nitrogens with zero attached hydrogens (tertiary/aromatic N) is 5. The molecule has 2 fully saturated rings. The fraction of sp³-hybridized carbons (Fsp3) is 0.483. The number of aromatic nitrogens is 2. The smallest absolute Gasteiger partial charge is 0.318 e. The summed E-state index contributed by atoms with van der Waals surface area (Å²) < 4.78 is 7.15. The maximum Gasteiger partial charge on any atom is 0.318 e. The average Bonchev–Trinajstić information content (AvgIpc) is 3.50. The number of piperidine rings is 1. The van der Waals surface area contributed by atoms with Gasteiger partial charge in [-0.3, -0.25) is 4.79 Å². The minimum absolute atomic E-state index is 0.0498. The van der Waals surface area contributed by atoms with Crippen molar-refractivity contribution in [3.63, 3.8) is 0 Å². The van der Waals surface area contributed by atoms with E-state index in [1.165, 1.54) is 6.07 Å². The van der Waals surface area contributed by atoms with Gasteiger partial charge in [0.05, 0.1) is 37.1 Å². The minimum atomic E-state index is -0.562. The van der Waals surface area contributed by atoms with Crippen LogP contribution in [0.2, 0.25) is 0 Å². The number of carbonyl (C=O) groups is 1. The minimum Gasteiger partial charge on any atom is -0.508 e. The molecule has 2 unspecified atom stereocenters. The summed E-state index contributed by atoms with van der Waals surface area (Å²) in [5.74, 6) is 0.529. The lowest BCUT2D eigenvalue weighted by Gasteiger charge is -2.35. The van der Waals surface area contributed by atoms with Gasteiger partial charge in [0.15, 0.2) is 0 Å². The number of rotatable bonds is 7. The fourth-order valence-electron chi connectivity index (χ4n) is 6.09. The van der Waals surface area contributed by atoms with Gasteiger partial charge in [0.1, 0.15) is 11.6 Å². The number of hydrogen-bond donors (Lipinski definition) is 3.